The van der Waals surface area contributed by atoms with Crippen LogP contribution >= 0.6 is 0 Å². The van der Waals surface area contributed by atoms with E-state index in [0.29, 0.717) is 30.6 Å². The summed E-state index contributed by atoms with van der Waals surface area (Å²) in [4.78, 5) is 16.4. The normalized spacial score (nSPS) is 18.9. The van der Waals surface area contributed by atoms with Crippen LogP contribution in [0.25, 0.3) is 22.2 Å². The summed E-state index contributed by atoms with van der Waals surface area (Å²) in [6.07, 6.45) is 1.70. The number of H-pyrrole nitrogens is 1. The van der Waals surface area contributed by atoms with Crippen LogP contribution in [0.1, 0.15) is 30.7 Å². The molecule has 2 aliphatic rings. The van der Waals surface area contributed by atoms with Gasteiger partial charge in [-0.25, -0.2) is 4.39 Å². The van der Waals surface area contributed by atoms with E-state index in [9.17, 15) is 14.4 Å². The molecule has 0 fully saturated rings. The number of fused-ring (bicyclic) bond motifs is 1. The quantitative estimate of drug-likeness (QED) is 0.648. The maximum atomic E-state index is 13.6. The number of benzene rings is 2. The summed E-state index contributed by atoms with van der Waals surface area (Å²) in [5, 5.41) is 10.8. The summed E-state index contributed by atoms with van der Waals surface area (Å²) in [5.41, 5.74) is 9.97. The number of hydrogen-bond acceptors (Lipinski definition) is 4. The largest absolute Gasteiger partial charge is 0.444 e. The zero-order valence-electron chi connectivity index (χ0n) is 16.0. The molecule has 0 radical (unpaired) electrons. The number of ether oxygens (including phenoxy) is 1. The average Bonchev–Trinajstić information content (AvgIpc) is 3.12. The van der Waals surface area contributed by atoms with Crippen molar-refractivity contribution in [3.63, 3.8) is 0 Å². The molecule has 0 amide bonds. The van der Waals surface area contributed by atoms with Crippen molar-refractivity contribution in [2.75, 3.05) is 0 Å². The molecule has 1 unspecified atom stereocenters. The summed E-state index contributed by atoms with van der Waals surface area (Å²) in [7, 11) is 0. The minimum atomic E-state index is -0.636. The number of aromatic amines is 1. The topological polar surface area (TPSA) is 91.9 Å². The number of nitrogens with zero attached hydrogens (tertiary/aromatic N) is 1. The van der Waals surface area contributed by atoms with Crippen molar-refractivity contribution >= 4 is 16.7 Å². The number of nitriles is 1. The fraction of sp³-hybridized carbons (Fsp3) is 0.167. The van der Waals surface area contributed by atoms with E-state index in [2.05, 4.69) is 11.1 Å². The zero-order valence-corrected chi connectivity index (χ0v) is 16.0. The molecule has 2 aromatic carbocycles. The van der Waals surface area contributed by atoms with Gasteiger partial charge in [-0.15, -0.1) is 0 Å². The van der Waals surface area contributed by atoms with Crippen molar-refractivity contribution in [2.45, 2.75) is 25.2 Å². The van der Waals surface area contributed by atoms with Gasteiger partial charge in [-0.3, -0.25) is 4.79 Å². The van der Waals surface area contributed by atoms with E-state index >= 15 is 0 Å². The van der Waals surface area contributed by atoms with Crippen LogP contribution in [0.5, 0.6) is 0 Å². The van der Waals surface area contributed by atoms with E-state index < -0.39 is 5.92 Å². The van der Waals surface area contributed by atoms with Gasteiger partial charge in [-0.1, -0.05) is 18.2 Å². The first kappa shape index (κ1) is 18.2. The smallest absolute Gasteiger partial charge is 0.205 e. The molecule has 1 aliphatic heterocycles. The fourth-order valence-electron chi connectivity index (χ4n) is 4.45. The summed E-state index contributed by atoms with van der Waals surface area (Å²) in [6, 6.07) is 16.0. The average molecular weight is 399 g/mol. The highest BCUT2D eigenvalue weighted by atomic mass is 19.1. The Morgan fingerprint density at radius 1 is 1.13 bits per heavy atom. The number of Topliss-reactive ketones (excluding diaryl/α,β-unsaturated/α-hetero) is 1. The van der Waals surface area contributed by atoms with Crippen LogP contribution in [0.4, 0.5) is 4.39 Å². The fourth-order valence-corrected chi connectivity index (χ4v) is 4.45. The van der Waals surface area contributed by atoms with Crippen LogP contribution in [0.2, 0.25) is 0 Å². The Bertz CT molecular complexity index is 1290. The number of ketones is 1. The Labute approximate surface area is 172 Å². The molecule has 0 saturated heterocycles. The first-order chi connectivity index (χ1) is 14.6. The molecule has 30 heavy (non-hydrogen) atoms. The molecule has 1 atom stereocenters. The number of nitrogens with one attached hydrogen (secondary N) is 1. The summed E-state index contributed by atoms with van der Waals surface area (Å²) in [6.45, 7) is 0. The van der Waals surface area contributed by atoms with Crippen molar-refractivity contribution in [1.82, 2.24) is 4.98 Å². The Kier molecular flexibility index (Phi) is 4.18. The SMILES string of the molecule is N#CC1=C(N)OC2=C(C(=O)CCC2)C1c1c(-c2ccc(F)cc2)[nH]c2ccccc12. The number of rotatable bonds is 2. The highest BCUT2D eigenvalue weighted by Crippen LogP contribution is 2.48. The van der Waals surface area contributed by atoms with Gasteiger partial charge in [0.25, 0.3) is 0 Å². The lowest BCUT2D eigenvalue weighted by molar-refractivity contribution is -0.116. The van der Waals surface area contributed by atoms with E-state index in [1.54, 1.807) is 12.1 Å². The molecular formula is C24H18FN3O2. The monoisotopic (exact) mass is 399 g/mol. The molecular weight excluding hydrogens is 381 g/mol. The highest BCUT2D eigenvalue weighted by molar-refractivity contribution is 6.02. The first-order valence-electron chi connectivity index (χ1n) is 9.79. The standard InChI is InChI=1S/C24H18FN3O2/c25-14-10-8-13(9-11-14)23-21(15-4-1-2-5-17(15)28-23)20-16(12-26)24(27)30-19-7-3-6-18(29)22(19)20/h1-2,4-5,8-11,20,28H,3,6-7,27H2. The third-order valence-electron chi connectivity index (χ3n) is 5.77. The molecule has 5 rings (SSSR count). The number of carbonyl (C=O) groups is 1. The van der Waals surface area contributed by atoms with Gasteiger partial charge in [-0.05, 0) is 47.9 Å². The lowest BCUT2D eigenvalue weighted by atomic mass is 9.76. The second-order valence-corrected chi connectivity index (χ2v) is 7.50. The molecule has 1 aliphatic carbocycles. The third kappa shape index (κ3) is 2.71. The van der Waals surface area contributed by atoms with E-state index in [-0.39, 0.29) is 23.1 Å². The maximum absolute atomic E-state index is 13.6. The maximum Gasteiger partial charge on any atom is 0.205 e. The van der Waals surface area contributed by atoms with Gasteiger partial charge < -0.3 is 15.5 Å². The predicted octanol–water partition coefficient (Wildman–Crippen LogP) is 4.79. The number of nitrogens with two attached hydrogens (primary N) is 1. The van der Waals surface area contributed by atoms with Gasteiger partial charge in [0.1, 0.15) is 23.2 Å². The third-order valence-corrected chi connectivity index (χ3v) is 5.77. The molecule has 148 valence electrons. The predicted molar refractivity (Wildman–Crippen MR) is 110 cm³/mol. The van der Waals surface area contributed by atoms with E-state index in [1.807, 2.05) is 24.3 Å². The second kappa shape index (κ2) is 6.89. The number of aromatic nitrogens is 1. The Morgan fingerprint density at radius 2 is 1.90 bits per heavy atom. The van der Waals surface area contributed by atoms with Crippen molar-refractivity contribution in [3.8, 4) is 17.3 Å². The Morgan fingerprint density at radius 3 is 2.67 bits per heavy atom. The first-order valence-corrected chi connectivity index (χ1v) is 9.79. The second-order valence-electron chi connectivity index (χ2n) is 7.50. The van der Waals surface area contributed by atoms with Gasteiger partial charge in [-0.2, -0.15) is 5.26 Å². The number of hydrogen-bond donors (Lipinski definition) is 2. The van der Waals surface area contributed by atoms with Crippen LogP contribution in [-0.2, 0) is 9.53 Å². The number of carbonyl (C=O) groups excluding carboxylic acids is 1. The molecule has 0 saturated carbocycles. The Hall–Kier alpha value is -3.85. The molecule has 0 spiro atoms. The molecule has 3 N–H and O–H groups in total. The van der Waals surface area contributed by atoms with Gasteiger partial charge in [0.05, 0.1) is 11.6 Å². The number of halogens is 1. The molecule has 0 bridgehead atoms. The van der Waals surface area contributed by atoms with E-state index in [1.165, 1.54) is 12.1 Å². The van der Waals surface area contributed by atoms with Crippen LogP contribution in [0, 0.1) is 17.1 Å². The van der Waals surface area contributed by atoms with Crippen molar-refractivity contribution in [3.05, 3.63) is 82.7 Å². The van der Waals surface area contributed by atoms with Gasteiger partial charge >= 0.3 is 0 Å². The van der Waals surface area contributed by atoms with Crippen molar-refractivity contribution in [1.29, 1.82) is 5.26 Å². The number of allylic oxidation sites excluding steroid dienone is 3. The zero-order chi connectivity index (χ0) is 20.8. The summed E-state index contributed by atoms with van der Waals surface area (Å²) >= 11 is 0. The van der Waals surface area contributed by atoms with Crippen molar-refractivity contribution in [2.24, 2.45) is 5.73 Å². The molecule has 3 aromatic rings. The van der Waals surface area contributed by atoms with Crippen LogP contribution in [-0.4, -0.2) is 10.8 Å². The minimum absolute atomic E-state index is 0.0307. The van der Waals surface area contributed by atoms with Crippen LogP contribution < -0.4 is 5.73 Å². The lowest BCUT2D eigenvalue weighted by Gasteiger charge is -2.31. The molecule has 1 aromatic heterocycles. The highest BCUT2D eigenvalue weighted by Gasteiger charge is 2.40. The van der Waals surface area contributed by atoms with Gasteiger partial charge in [0.2, 0.25) is 5.88 Å². The van der Waals surface area contributed by atoms with Crippen LogP contribution in [0.15, 0.2) is 71.3 Å². The van der Waals surface area contributed by atoms with E-state index in [4.69, 9.17) is 10.5 Å². The lowest BCUT2D eigenvalue weighted by Crippen LogP contribution is -2.27. The molecule has 6 heteroatoms. The van der Waals surface area contributed by atoms with Crippen LogP contribution in [0.3, 0.4) is 0 Å². The molecule has 5 nitrogen and oxygen atoms in total. The summed E-state index contributed by atoms with van der Waals surface area (Å²) < 4.78 is 19.3. The summed E-state index contributed by atoms with van der Waals surface area (Å²) in [5.74, 6) is -0.425. The van der Waals surface area contributed by atoms with E-state index in [0.717, 1.165) is 27.7 Å². The number of para-hydroxylation sites is 1. The van der Waals surface area contributed by atoms with Gasteiger partial charge in [0, 0.05) is 29.3 Å². The Balaban J connectivity index is 1.84. The minimum Gasteiger partial charge on any atom is -0.444 e. The molecule has 2 heterocycles. The van der Waals surface area contributed by atoms with Crippen molar-refractivity contribution < 1.29 is 13.9 Å². The van der Waals surface area contributed by atoms with Gasteiger partial charge in [0.15, 0.2) is 5.78 Å².